The molecule has 0 aromatic rings. The van der Waals surface area contributed by atoms with E-state index < -0.39 is 0 Å². The maximum absolute atomic E-state index is 8.13. The Kier molecular flexibility index (Phi) is 6.51. The number of hydrogen-bond donors (Lipinski definition) is 1. The van der Waals surface area contributed by atoms with Crippen LogP contribution in [0.1, 0.15) is 0 Å². The summed E-state index contributed by atoms with van der Waals surface area (Å²) in [7, 11) is 0. The van der Waals surface area contributed by atoms with Crippen molar-refractivity contribution in [3.05, 3.63) is 0 Å². The molecule has 43 valence electrons. The minimum absolute atomic E-state index is 0.0926. The van der Waals surface area contributed by atoms with Gasteiger partial charge in [-0.15, -0.1) is 0 Å². The van der Waals surface area contributed by atoms with Crippen molar-refractivity contribution in [3.63, 3.8) is 0 Å². The molecule has 0 aromatic carbocycles. The van der Waals surface area contributed by atoms with E-state index in [1.165, 1.54) is 0 Å². The lowest BCUT2D eigenvalue weighted by Gasteiger charge is -1.94. The van der Waals surface area contributed by atoms with Crippen molar-refractivity contribution in [3.8, 4) is 0 Å². The smallest absolute Gasteiger partial charge is 0.0698 e. The molecule has 7 heavy (non-hydrogen) atoms. The number of ether oxygens (including phenoxy) is 1. The van der Waals surface area contributed by atoms with Crippen molar-refractivity contribution in [2.24, 2.45) is 0 Å². The monoisotopic (exact) mass is 121 g/mol. The third-order valence-electron chi connectivity index (χ3n) is 0.463. The van der Waals surface area contributed by atoms with Crippen LogP contribution in [0.5, 0.6) is 0 Å². The van der Waals surface area contributed by atoms with Gasteiger partial charge in [-0.25, -0.2) is 0 Å². The molecule has 0 amide bonds. The molecule has 0 bridgehead atoms. The number of rotatable bonds is 4. The maximum atomic E-state index is 8.13. The van der Waals surface area contributed by atoms with Gasteiger partial charge in [0.25, 0.3) is 0 Å². The first kappa shape index (κ1) is 7.27. The molecular weight excluding hydrogens is 112 g/mol. The summed E-state index contributed by atoms with van der Waals surface area (Å²) in [6.45, 7) is 1.09. The molecule has 0 aliphatic rings. The number of aliphatic hydroxyl groups excluding tert-OH is 1. The van der Waals surface area contributed by atoms with Gasteiger partial charge < -0.3 is 9.84 Å². The van der Waals surface area contributed by atoms with Crippen LogP contribution in [0.15, 0.2) is 0 Å². The van der Waals surface area contributed by atoms with Crippen molar-refractivity contribution in [1.82, 2.24) is 0 Å². The molecule has 0 spiro atoms. The Hall–Kier alpha value is 0.270. The highest BCUT2D eigenvalue weighted by Gasteiger charge is 1.79. The predicted octanol–water partition coefficient (Wildman–Crippen LogP) is 0.193. The van der Waals surface area contributed by atoms with Gasteiger partial charge in [0.15, 0.2) is 0 Å². The summed E-state index contributed by atoms with van der Waals surface area (Å²) in [5.74, 6) is 0.611. The third kappa shape index (κ3) is 6.27. The Morgan fingerprint density at radius 3 is 2.57 bits per heavy atom. The van der Waals surface area contributed by atoms with Gasteiger partial charge in [-0.1, -0.05) is 12.6 Å². The lowest BCUT2D eigenvalue weighted by molar-refractivity contribution is 0.103. The van der Waals surface area contributed by atoms with Gasteiger partial charge in [-0.3, -0.25) is 0 Å². The largest absolute Gasteiger partial charge is 0.394 e. The van der Waals surface area contributed by atoms with Crippen LogP contribution in [0.4, 0.5) is 0 Å². The summed E-state index contributed by atoms with van der Waals surface area (Å²) in [5, 5.41) is 8.13. The van der Waals surface area contributed by atoms with Crippen molar-refractivity contribution in [2.45, 2.75) is 0 Å². The standard InChI is InChI=1S/C4H9O2S/c5-1-2-6-3-4-7/h5H,1-4H2. The average molecular weight is 121 g/mol. The first-order chi connectivity index (χ1) is 3.41. The van der Waals surface area contributed by atoms with E-state index >= 15 is 0 Å². The second kappa shape index (κ2) is 6.27. The van der Waals surface area contributed by atoms with E-state index in [2.05, 4.69) is 12.6 Å². The zero-order valence-corrected chi connectivity index (χ0v) is 4.91. The second-order valence-electron chi connectivity index (χ2n) is 1.04. The molecule has 0 saturated heterocycles. The Balaban J connectivity index is 2.45. The first-order valence-corrected chi connectivity index (χ1v) is 2.76. The lowest BCUT2D eigenvalue weighted by Crippen LogP contribution is -2.00. The van der Waals surface area contributed by atoms with Crippen LogP contribution in [0.25, 0.3) is 0 Å². The van der Waals surface area contributed by atoms with E-state index in [1.54, 1.807) is 0 Å². The summed E-state index contributed by atoms with van der Waals surface area (Å²) in [5.41, 5.74) is 0. The molecule has 0 fully saturated rings. The Morgan fingerprint density at radius 1 is 1.43 bits per heavy atom. The highest BCUT2D eigenvalue weighted by molar-refractivity contribution is 7.80. The van der Waals surface area contributed by atoms with Crippen molar-refractivity contribution in [1.29, 1.82) is 0 Å². The molecule has 0 atom stereocenters. The van der Waals surface area contributed by atoms with Gasteiger partial charge >= 0.3 is 0 Å². The van der Waals surface area contributed by atoms with Crippen LogP contribution in [0.2, 0.25) is 0 Å². The molecule has 0 aliphatic carbocycles. The molecule has 0 rings (SSSR count). The summed E-state index contributed by atoms with van der Waals surface area (Å²) in [6.07, 6.45) is 0. The highest BCUT2D eigenvalue weighted by Crippen LogP contribution is 1.75. The van der Waals surface area contributed by atoms with Gasteiger partial charge in [0.1, 0.15) is 0 Å². The van der Waals surface area contributed by atoms with Gasteiger partial charge in [-0.05, 0) is 0 Å². The van der Waals surface area contributed by atoms with Crippen LogP contribution >= 0.6 is 12.6 Å². The van der Waals surface area contributed by atoms with Crippen molar-refractivity contribution < 1.29 is 9.84 Å². The minimum Gasteiger partial charge on any atom is -0.394 e. The molecule has 0 heterocycles. The van der Waals surface area contributed by atoms with E-state index in [-0.39, 0.29) is 6.61 Å². The molecule has 2 nitrogen and oxygen atoms in total. The van der Waals surface area contributed by atoms with Crippen LogP contribution in [-0.4, -0.2) is 30.7 Å². The van der Waals surface area contributed by atoms with Gasteiger partial charge in [-0.2, -0.15) is 0 Å². The molecular formula is C4H9O2S. The summed E-state index contributed by atoms with van der Waals surface area (Å²) < 4.78 is 4.78. The van der Waals surface area contributed by atoms with Crippen molar-refractivity contribution in [2.75, 3.05) is 25.6 Å². The van der Waals surface area contributed by atoms with Gasteiger partial charge in [0.2, 0.25) is 0 Å². The average Bonchev–Trinajstić information content (AvgIpc) is 1.69. The van der Waals surface area contributed by atoms with Gasteiger partial charge in [0.05, 0.1) is 19.8 Å². The van der Waals surface area contributed by atoms with E-state index in [4.69, 9.17) is 9.84 Å². The second-order valence-corrected chi connectivity index (χ2v) is 1.45. The fourth-order valence-corrected chi connectivity index (χ4v) is 0.343. The SMILES string of the molecule is OCCOCC[S]. The van der Waals surface area contributed by atoms with Crippen LogP contribution in [0, 0.1) is 0 Å². The fraction of sp³-hybridized carbons (Fsp3) is 1.00. The van der Waals surface area contributed by atoms with Crippen LogP contribution in [-0.2, 0) is 4.74 Å². The molecule has 1 N–H and O–H groups in total. The molecule has 1 radical (unpaired) electrons. The topological polar surface area (TPSA) is 29.5 Å². The van der Waals surface area contributed by atoms with E-state index in [9.17, 15) is 0 Å². The molecule has 0 aliphatic heterocycles. The zero-order chi connectivity index (χ0) is 5.54. The Bertz CT molecular complexity index is 28.9. The van der Waals surface area contributed by atoms with Crippen molar-refractivity contribution >= 4 is 12.6 Å². The molecule has 0 aromatic heterocycles. The summed E-state index contributed by atoms with van der Waals surface area (Å²) in [6, 6.07) is 0. The Morgan fingerprint density at radius 2 is 2.14 bits per heavy atom. The van der Waals surface area contributed by atoms with Crippen LogP contribution < -0.4 is 0 Å². The van der Waals surface area contributed by atoms with Gasteiger partial charge in [0, 0.05) is 5.75 Å². The highest BCUT2D eigenvalue weighted by atomic mass is 32.1. The molecule has 0 saturated carbocycles. The van der Waals surface area contributed by atoms with Crippen LogP contribution in [0.3, 0.4) is 0 Å². The predicted molar refractivity (Wildman–Crippen MR) is 30.4 cm³/mol. The number of hydrogen-bond acceptors (Lipinski definition) is 2. The zero-order valence-electron chi connectivity index (χ0n) is 4.09. The minimum atomic E-state index is 0.0926. The van der Waals surface area contributed by atoms with E-state index in [0.29, 0.717) is 19.0 Å². The first-order valence-electron chi connectivity index (χ1n) is 2.18. The quantitative estimate of drug-likeness (QED) is 0.538. The van der Waals surface area contributed by atoms with E-state index in [1.807, 2.05) is 0 Å². The summed E-state index contributed by atoms with van der Waals surface area (Å²) >= 11 is 4.56. The fourth-order valence-electron chi connectivity index (χ4n) is 0.226. The normalized spacial score (nSPS) is 9.43. The van der Waals surface area contributed by atoms with E-state index in [0.717, 1.165) is 0 Å². The summed E-state index contributed by atoms with van der Waals surface area (Å²) in [4.78, 5) is 0. The number of aliphatic hydroxyl groups is 1. The molecule has 0 unspecified atom stereocenters. The third-order valence-corrected chi connectivity index (χ3v) is 0.630. The maximum Gasteiger partial charge on any atom is 0.0698 e. The molecule has 3 heteroatoms. The Labute approximate surface area is 48.9 Å². The lowest BCUT2D eigenvalue weighted by atomic mass is 10.7.